The predicted molar refractivity (Wildman–Crippen MR) is 140 cm³/mol. The minimum atomic E-state index is -4.46. The third-order valence-electron chi connectivity index (χ3n) is 5.72. The molecule has 3 aromatic carbocycles. The van der Waals surface area contributed by atoms with E-state index >= 15 is 0 Å². The van der Waals surface area contributed by atoms with Crippen molar-refractivity contribution in [3.05, 3.63) is 114 Å². The molecule has 6 nitrogen and oxygen atoms in total. The van der Waals surface area contributed by atoms with Crippen LogP contribution in [-0.2, 0) is 15.8 Å². The summed E-state index contributed by atoms with van der Waals surface area (Å²) in [5.41, 5.74) is 0.307. The Morgan fingerprint density at radius 2 is 1.42 bits per heavy atom. The molecule has 0 bridgehead atoms. The summed E-state index contributed by atoms with van der Waals surface area (Å²) in [5.74, 6) is -0.126. The largest absolute Gasteiger partial charge is 0.457 e. The fourth-order valence-electron chi connectivity index (χ4n) is 3.89. The van der Waals surface area contributed by atoms with Gasteiger partial charge in [-0.05, 0) is 91.1 Å². The molecule has 0 radical (unpaired) electrons. The van der Waals surface area contributed by atoms with E-state index in [1.807, 2.05) is 30.3 Å². The molecule has 1 aliphatic rings. The number of benzene rings is 3. The van der Waals surface area contributed by atoms with Gasteiger partial charge in [0.15, 0.2) is 5.11 Å². The quantitative estimate of drug-likeness (QED) is 0.191. The van der Waals surface area contributed by atoms with Gasteiger partial charge >= 0.3 is 6.18 Å². The van der Waals surface area contributed by atoms with Crippen LogP contribution in [0.25, 0.3) is 11.8 Å². The molecule has 2 amide bonds. The highest BCUT2D eigenvalue weighted by Gasteiger charge is 2.35. The summed E-state index contributed by atoms with van der Waals surface area (Å²) in [6, 6.07) is 23.7. The minimum Gasteiger partial charge on any atom is -0.457 e. The number of hydrogen-bond acceptors (Lipinski definition) is 4. The molecule has 190 valence electrons. The van der Waals surface area contributed by atoms with Gasteiger partial charge in [-0.3, -0.25) is 19.8 Å². The Kier molecular flexibility index (Phi) is 6.56. The lowest BCUT2D eigenvalue weighted by molar-refractivity contribution is -0.137. The van der Waals surface area contributed by atoms with Gasteiger partial charge in [0.1, 0.15) is 17.1 Å². The van der Waals surface area contributed by atoms with Crippen LogP contribution >= 0.6 is 12.2 Å². The number of anilines is 1. The van der Waals surface area contributed by atoms with Crippen molar-refractivity contribution in [2.45, 2.75) is 6.18 Å². The fourth-order valence-corrected chi connectivity index (χ4v) is 4.17. The molecular formula is C28H18F3N3O3S. The van der Waals surface area contributed by atoms with Crippen LogP contribution in [-0.4, -0.2) is 21.5 Å². The third kappa shape index (κ3) is 5.07. The van der Waals surface area contributed by atoms with Crippen molar-refractivity contribution in [2.75, 3.05) is 4.90 Å². The first-order valence-corrected chi connectivity index (χ1v) is 11.7. The van der Waals surface area contributed by atoms with Gasteiger partial charge in [-0.1, -0.05) is 18.2 Å². The molecular weight excluding hydrogens is 515 g/mol. The molecule has 4 aromatic rings. The molecule has 1 fully saturated rings. The molecule has 5 rings (SSSR count). The van der Waals surface area contributed by atoms with E-state index < -0.39 is 23.6 Å². The van der Waals surface area contributed by atoms with Gasteiger partial charge in [0.05, 0.1) is 11.3 Å². The number of hydrogen-bond donors (Lipinski definition) is 1. The summed E-state index contributed by atoms with van der Waals surface area (Å²) in [5, 5.41) is 2.45. The molecule has 0 saturated carbocycles. The Morgan fingerprint density at radius 3 is 2.08 bits per heavy atom. The zero-order chi connectivity index (χ0) is 26.9. The molecule has 2 heterocycles. The van der Waals surface area contributed by atoms with E-state index in [0.29, 0.717) is 28.6 Å². The standard InChI is InChI=1S/C28H18F3N3O3S/c29-28(30,31)18-8-10-19(11-9-18)33-16-4-5-21(33)17-24-25(35)32-27(38)34(26(24)36)20-12-14-23(15-13-20)37-22-6-2-1-3-7-22/h1-17H,(H,32,35,38)/b24-17+. The van der Waals surface area contributed by atoms with Gasteiger partial charge < -0.3 is 9.30 Å². The van der Waals surface area contributed by atoms with Crippen molar-refractivity contribution >= 4 is 40.9 Å². The highest BCUT2D eigenvalue weighted by molar-refractivity contribution is 7.80. The Labute approximate surface area is 220 Å². The van der Waals surface area contributed by atoms with Crippen LogP contribution in [0, 0.1) is 0 Å². The molecule has 0 atom stereocenters. The fraction of sp³-hybridized carbons (Fsp3) is 0.0357. The average molecular weight is 534 g/mol. The van der Waals surface area contributed by atoms with Crippen LogP contribution in [0.15, 0.2) is 103 Å². The van der Waals surface area contributed by atoms with Gasteiger partial charge in [-0.15, -0.1) is 0 Å². The summed E-state index contributed by atoms with van der Waals surface area (Å²) < 4.78 is 46.2. The number of para-hydroxylation sites is 1. The van der Waals surface area contributed by atoms with Crippen molar-refractivity contribution in [1.82, 2.24) is 9.88 Å². The van der Waals surface area contributed by atoms with Gasteiger partial charge in [-0.2, -0.15) is 13.2 Å². The number of ether oxygens (including phenoxy) is 1. The van der Waals surface area contributed by atoms with E-state index in [0.717, 1.165) is 12.1 Å². The maximum atomic E-state index is 13.4. The van der Waals surface area contributed by atoms with E-state index in [2.05, 4.69) is 5.32 Å². The predicted octanol–water partition coefficient (Wildman–Crippen LogP) is 6.12. The maximum absolute atomic E-state index is 13.4. The minimum absolute atomic E-state index is 0.0769. The summed E-state index contributed by atoms with van der Waals surface area (Å²) in [6.07, 6.45) is -1.47. The Morgan fingerprint density at radius 1 is 0.789 bits per heavy atom. The molecule has 1 aromatic heterocycles. The monoisotopic (exact) mass is 533 g/mol. The van der Waals surface area contributed by atoms with Crippen molar-refractivity contribution in [3.8, 4) is 17.2 Å². The Balaban J connectivity index is 1.42. The van der Waals surface area contributed by atoms with Crippen molar-refractivity contribution in [1.29, 1.82) is 0 Å². The normalized spacial score (nSPS) is 15.1. The lowest BCUT2D eigenvalue weighted by atomic mass is 10.1. The lowest BCUT2D eigenvalue weighted by Crippen LogP contribution is -2.54. The average Bonchev–Trinajstić information content (AvgIpc) is 3.36. The number of aromatic nitrogens is 1. The van der Waals surface area contributed by atoms with Crippen LogP contribution in [0.3, 0.4) is 0 Å². The number of halogens is 3. The number of nitrogens with one attached hydrogen (secondary N) is 1. The van der Waals surface area contributed by atoms with Crippen LogP contribution in [0.4, 0.5) is 18.9 Å². The second-order valence-corrected chi connectivity index (χ2v) is 8.60. The molecule has 1 N–H and O–H groups in total. The second-order valence-electron chi connectivity index (χ2n) is 8.21. The topological polar surface area (TPSA) is 63.6 Å². The number of carbonyl (C=O) groups excluding carboxylic acids is 2. The number of rotatable bonds is 5. The van der Waals surface area contributed by atoms with Gasteiger partial charge in [0.2, 0.25) is 0 Å². The summed E-state index contributed by atoms with van der Waals surface area (Å²) in [4.78, 5) is 27.3. The number of carbonyl (C=O) groups is 2. The van der Waals surface area contributed by atoms with Crippen LogP contribution in [0.1, 0.15) is 11.3 Å². The first-order chi connectivity index (χ1) is 18.2. The Hall–Kier alpha value is -4.70. The molecule has 0 unspecified atom stereocenters. The zero-order valence-electron chi connectivity index (χ0n) is 19.5. The first-order valence-electron chi connectivity index (χ1n) is 11.3. The first kappa shape index (κ1) is 25.0. The molecule has 0 aliphatic carbocycles. The molecule has 1 saturated heterocycles. The van der Waals surface area contributed by atoms with Gasteiger partial charge in [0, 0.05) is 17.6 Å². The Bertz CT molecular complexity index is 1540. The van der Waals surface area contributed by atoms with Crippen molar-refractivity contribution < 1.29 is 27.5 Å². The van der Waals surface area contributed by atoms with E-state index in [1.165, 1.54) is 23.1 Å². The number of nitrogens with zero attached hydrogens (tertiary/aromatic N) is 2. The molecule has 10 heteroatoms. The molecule has 0 spiro atoms. The summed E-state index contributed by atoms with van der Waals surface area (Å²) in [6.45, 7) is 0. The number of thiocarbonyl (C=S) groups is 1. The van der Waals surface area contributed by atoms with Gasteiger partial charge in [-0.25, -0.2) is 0 Å². The molecule has 1 aliphatic heterocycles. The van der Waals surface area contributed by atoms with Crippen molar-refractivity contribution in [2.24, 2.45) is 0 Å². The highest BCUT2D eigenvalue weighted by atomic mass is 32.1. The number of amides is 2. The second kappa shape index (κ2) is 9.98. The third-order valence-corrected chi connectivity index (χ3v) is 6.01. The van der Waals surface area contributed by atoms with Gasteiger partial charge in [0.25, 0.3) is 11.8 Å². The van der Waals surface area contributed by atoms with E-state index in [4.69, 9.17) is 17.0 Å². The molecule has 38 heavy (non-hydrogen) atoms. The smallest absolute Gasteiger partial charge is 0.416 e. The highest BCUT2D eigenvalue weighted by Crippen LogP contribution is 2.30. The van der Waals surface area contributed by atoms with Crippen LogP contribution in [0.5, 0.6) is 11.5 Å². The van der Waals surface area contributed by atoms with Crippen LogP contribution in [0.2, 0.25) is 0 Å². The van der Waals surface area contributed by atoms with E-state index in [9.17, 15) is 22.8 Å². The summed E-state index contributed by atoms with van der Waals surface area (Å²) >= 11 is 5.26. The van der Waals surface area contributed by atoms with Crippen molar-refractivity contribution in [3.63, 3.8) is 0 Å². The zero-order valence-corrected chi connectivity index (χ0v) is 20.3. The van der Waals surface area contributed by atoms with Crippen LogP contribution < -0.4 is 15.0 Å². The van der Waals surface area contributed by atoms with E-state index in [1.54, 1.807) is 47.2 Å². The SMILES string of the molecule is O=C1NC(=S)N(c2ccc(Oc3ccccc3)cc2)C(=O)/C1=C/c1cccn1-c1ccc(C(F)(F)F)cc1. The summed E-state index contributed by atoms with van der Waals surface area (Å²) in [7, 11) is 0. The lowest BCUT2D eigenvalue weighted by Gasteiger charge is -2.29. The number of alkyl halides is 3. The van der Waals surface area contributed by atoms with E-state index in [-0.39, 0.29) is 10.7 Å². The maximum Gasteiger partial charge on any atom is 0.416 e.